The first-order valence-corrected chi connectivity index (χ1v) is 10.7. The smallest absolute Gasteiger partial charge is 0.129 e. The minimum absolute atomic E-state index is 0.382. The van der Waals surface area contributed by atoms with Crippen LogP contribution in [0.5, 0.6) is 5.75 Å². The van der Waals surface area contributed by atoms with Crippen LogP contribution in [-0.4, -0.2) is 6.21 Å². The molecule has 0 fully saturated rings. The van der Waals surface area contributed by atoms with Crippen LogP contribution in [0.25, 0.3) is 10.8 Å². The number of benzene rings is 4. The molecule has 0 bridgehead atoms. The van der Waals surface area contributed by atoms with E-state index in [1.165, 1.54) is 0 Å². The molecule has 6 heteroatoms. The predicted molar refractivity (Wildman–Crippen MR) is 130 cm³/mol. The number of nitrogens with zero attached hydrogens (tertiary/aromatic N) is 2. The Morgan fingerprint density at radius 2 is 1.66 bits per heavy atom. The standard InChI is InChI=1S/C26H19Cl2N3O/c27-24-6-3-7-25(28)23(24)16-31-30-15-22-21-5-2-1-4-20(21)12-13-26(22)32-17-19-10-8-18(14-29)9-11-19/h1-13,15,31H,16-17H2/b30-15+. The molecular formula is C26H19Cl2N3O. The highest BCUT2D eigenvalue weighted by Gasteiger charge is 2.08. The number of hydrazone groups is 1. The van der Waals surface area contributed by atoms with Crippen LogP contribution in [0.3, 0.4) is 0 Å². The monoisotopic (exact) mass is 459 g/mol. The second kappa shape index (κ2) is 10.2. The van der Waals surface area contributed by atoms with Crippen LogP contribution in [0.1, 0.15) is 22.3 Å². The van der Waals surface area contributed by atoms with Gasteiger partial charge in [-0.3, -0.25) is 0 Å². The van der Waals surface area contributed by atoms with E-state index in [1.54, 1.807) is 30.5 Å². The fourth-order valence-corrected chi connectivity index (χ4v) is 3.84. The van der Waals surface area contributed by atoms with Gasteiger partial charge in [-0.05, 0) is 46.7 Å². The van der Waals surface area contributed by atoms with Gasteiger partial charge in [0.05, 0.1) is 24.4 Å². The quantitative estimate of drug-likeness (QED) is 0.246. The summed E-state index contributed by atoms with van der Waals surface area (Å²) in [5, 5.41) is 16.7. The second-order valence-electron chi connectivity index (χ2n) is 7.09. The molecule has 0 atom stereocenters. The van der Waals surface area contributed by atoms with Gasteiger partial charge in [0.25, 0.3) is 0 Å². The molecule has 0 radical (unpaired) electrons. The highest BCUT2D eigenvalue weighted by Crippen LogP contribution is 2.28. The summed E-state index contributed by atoms with van der Waals surface area (Å²) in [6, 6.07) is 26.9. The summed E-state index contributed by atoms with van der Waals surface area (Å²) < 4.78 is 6.11. The molecule has 0 saturated heterocycles. The van der Waals surface area contributed by atoms with Crippen molar-refractivity contribution in [3.05, 3.63) is 111 Å². The van der Waals surface area contributed by atoms with E-state index in [2.05, 4.69) is 16.6 Å². The van der Waals surface area contributed by atoms with Crippen molar-refractivity contribution in [1.82, 2.24) is 5.43 Å². The van der Waals surface area contributed by atoms with E-state index >= 15 is 0 Å². The van der Waals surface area contributed by atoms with E-state index in [9.17, 15) is 0 Å². The maximum atomic E-state index is 8.96. The van der Waals surface area contributed by atoms with Gasteiger partial charge >= 0.3 is 0 Å². The van der Waals surface area contributed by atoms with Crippen LogP contribution >= 0.6 is 23.2 Å². The molecule has 0 aromatic heterocycles. The largest absolute Gasteiger partial charge is 0.488 e. The summed E-state index contributed by atoms with van der Waals surface area (Å²) in [6.07, 6.45) is 1.75. The average molecular weight is 460 g/mol. The molecule has 32 heavy (non-hydrogen) atoms. The van der Waals surface area contributed by atoms with Crippen LogP contribution in [0, 0.1) is 11.3 Å². The van der Waals surface area contributed by atoms with Crippen LogP contribution in [0.15, 0.2) is 84.0 Å². The van der Waals surface area contributed by atoms with E-state index in [4.69, 9.17) is 33.2 Å². The number of hydrogen-bond donors (Lipinski definition) is 1. The lowest BCUT2D eigenvalue weighted by Gasteiger charge is -2.12. The Morgan fingerprint density at radius 3 is 2.41 bits per heavy atom. The van der Waals surface area contributed by atoms with Crippen LogP contribution in [-0.2, 0) is 13.2 Å². The van der Waals surface area contributed by atoms with Crippen molar-refractivity contribution >= 4 is 40.2 Å². The molecule has 0 amide bonds. The molecule has 4 aromatic carbocycles. The van der Waals surface area contributed by atoms with Gasteiger partial charge in [-0.1, -0.05) is 71.7 Å². The Bertz CT molecular complexity index is 1290. The number of nitrogens with one attached hydrogen (secondary N) is 1. The number of hydrogen-bond acceptors (Lipinski definition) is 4. The van der Waals surface area contributed by atoms with Crippen molar-refractivity contribution in [2.75, 3.05) is 0 Å². The number of rotatable bonds is 7. The zero-order valence-electron chi connectivity index (χ0n) is 17.1. The third-order valence-electron chi connectivity index (χ3n) is 5.01. The van der Waals surface area contributed by atoms with Gasteiger partial charge in [0.15, 0.2) is 0 Å². The first kappa shape index (κ1) is 21.7. The summed E-state index contributed by atoms with van der Waals surface area (Å²) in [6.45, 7) is 0.786. The molecule has 0 saturated carbocycles. The molecule has 0 heterocycles. The number of fused-ring (bicyclic) bond motifs is 1. The van der Waals surface area contributed by atoms with E-state index in [0.29, 0.717) is 28.8 Å². The van der Waals surface area contributed by atoms with Gasteiger partial charge < -0.3 is 10.2 Å². The highest BCUT2D eigenvalue weighted by atomic mass is 35.5. The highest BCUT2D eigenvalue weighted by molar-refractivity contribution is 6.35. The minimum Gasteiger partial charge on any atom is -0.488 e. The summed E-state index contributed by atoms with van der Waals surface area (Å²) in [4.78, 5) is 0. The summed E-state index contributed by atoms with van der Waals surface area (Å²) in [5.74, 6) is 0.717. The van der Waals surface area contributed by atoms with Crippen molar-refractivity contribution in [3.63, 3.8) is 0 Å². The Balaban J connectivity index is 1.55. The Morgan fingerprint density at radius 1 is 0.906 bits per heavy atom. The van der Waals surface area contributed by atoms with Crippen molar-refractivity contribution in [1.29, 1.82) is 5.26 Å². The Hall–Kier alpha value is -3.52. The first-order valence-electron chi connectivity index (χ1n) is 9.98. The van der Waals surface area contributed by atoms with E-state index < -0.39 is 0 Å². The number of nitriles is 1. The summed E-state index contributed by atoms with van der Waals surface area (Å²) in [5.41, 5.74) is 6.29. The van der Waals surface area contributed by atoms with E-state index in [-0.39, 0.29) is 0 Å². The molecule has 0 aliphatic heterocycles. The maximum absolute atomic E-state index is 8.96. The van der Waals surface area contributed by atoms with Gasteiger partial charge in [0, 0.05) is 21.2 Å². The molecule has 0 aliphatic rings. The lowest BCUT2D eigenvalue weighted by Crippen LogP contribution is -2.07. The molecule has 0 spiro atoms. The van der Waals surface area contributed by atoms with Gasteiger partial charge in [0.1, 0.15) is 12.4 Å². The minimum atomic E-state index is 0.382. The molecule has 4 rings (SSSR count). The average Bonchev–Trinajstić information content (AvgIpc) is 2.82. The Labute approximate surface area is 196 Å². The molecule has 0 aliphatic carbocycles. The first-order chi connectivity index (χ1) is 15.7. The van der Waals surface area contributed by atoms with Gasteiger partial charge in [-0.15, -0.1) is 0 Å². The fourth-order valence-electron chi connectivity index (χ4n) is 3.31. The maximum Gasteiger partial charge on any atom is 0.129 e. The fraction of sp³-hybridized carbons (Fsp3) is 0.0769. The zero-order valence-corrected chi connectivity index (χ0v) is 18.6. The summed E-state index contributed by atoms with van der Waals surface area (Å²) in [7, 11) is 0. The van der Waals surface area contributed by atoms with Crippen LogP contribution in [0.4, 0.5) is 0 Å². The van der Waals surface area contributed by atoms with Crippen molar-refractivity contribution in [2.24, 2.45) is 5.10 Å². The van der Waals surface area contributed by atoms with Gasteiger partial charge in [-0.25, -0.2) is 0 Å². The SMILES string of the molecule is N#Cc1ccc(COc2ccc3ccccc3c2/C=N/NCc2c(Cl)cccc2Cl)cc1. The lowest BCUT2D eigenvalue weighted by molar-refractivity contribution is 0.306. The van der Waals surface area contributed by atoms with Crippen LogP contribution < -0.4 is 10.2 Å². The molecule has 1 N–H and O–H groups in total. The number of halogens is 2. The number of ether oxygens (including phenoxy) is 1. The van der Waals surface area contributed by atoms with Crippen molar-refractivity contribution < 1.29 is 4.74 Å². The molecule has 4 aromatic rings. The van der Waals surface area contributed by atoms with E-state index in [0.717, 1.165) is 33.2 Å². The van der Waals surface area contributed by atoms with Gasteiger partial charge in [0.2, 0.25) is 0 Å². The predicted octanol–water partition coefficient (Wildman–Crippen LogP) is 6.72. The normalized spacial score (nSPS) is 10.9. The van der Waals surface area contributed by atoms with Crippen molar-refractivity contribution in [3.8, 4) is 11.8 Å². The molecule has 158 valence electrons. The molecule has 0 unspecified atom stereocenters. The summed E-state index contributed by atoms with van der Waals surface area (Å²) >= 11 is 12.5. The third kappa shape index (κ3) is 5.03. The van der Waals surface area contributed by atoms with Crippen LogP contribution in [0.2, 0.25) is 10.0 Å². The molecular weight excluding hydrogens is 441 g/mol. The topological polar surface area (TPSA) is 57.4 Å². The third-order valence-corrected chi connectivity index (χ3v) is 5.72. The lowest BCUT2D eigenvalue weighted by atomic mass is 10.0. The zero-order chi connectivity index (χ0) is 22.3. The van der Waals surface area contributed by atoms with Gasteiger partial charge in [-0.2, -0.15) is 10.4 Å². The van der Waals surface area contributed by atoms with Crippen molar-refractivity contribution in [2.45, 2.75) is 13.2 Å². The second-order valence-corrected chi connectivity index (χ2v) is 7.90. The Kier molecular flexibility index (Phi) is 6.91. The molecule has 4 nitrogen and oxygen atoms in total. The van der Waals surface area contributed by atoms with E-state index in [1.807, 2.05) is 54.6 Å².